The van der Waals surface area contributed by atoms with Gasteiger partial charge in [0.15, 0.2) is 0 Å². The number of ether oxygens (including phenoxy) is 1. The highest BCUT2D eigenvalue weighted by Crippen LogP contribution is 2.35. The second kappa shape index (κ2) is 6.95. The van der Waals surface area contributed by atoms with Crippen molar-refractivity contribution in [3.63, 3.8) is 0 Å². The van der Waals surface area contributed by atoms with E-state index in [0.29, 0.717) is 5.92 Å². The van der Waals surface area contributed by atoms with Gasteiger partial charge in [-0.2, -0.15) is 0 Å². The summed E-state index contributed by atoms with van der Waals surface area (Å²) in [6, 6.07) is 11.7. The third-order valence-corrected chi connectivity index (χ3v) is 4.42. The topological polar surface area (TPSA) is 29.5 Å². The van der Waals surface area contributed by atoms with Crippen LogP contribution in [0, 0.1) is 0 Å². The highest BCUT2D eigenvalue weighted by atomic mass is 79.9. The molecule has 1 atom stereocenters. The highest BCUT2D eigenvalue weighted by Gasteiger charge is 2.11. The maximum atomic E-state index is 9.66. The number of hydrogen-bond acceptors (Lipinski definition) is 2. The number of aliphatic hydroxyl groups excluding tert-OH is 1. The maximum absolute atomic E-state index is 9.66. The second-order valence-electron chi connectivity index (χ2n) is 5.30. The first-order valence-corrected chi connectivity index (χ1v) is 8.42. The van der Waals surface area contributed by atoms with E-state index >= 15 is 0 Å². The van der Waals surface area contributed by atoms with Crippen LogP contribution in [-0.2, 0) is 0 Å². The van der Waals surface area contributed by atoms with Gasteiger partial charge in [0.05, 0.1) is 6.10 Å². The van der Waals surface area contributed by atoms with Gasteiger partial charge in [-0.3, -0.25) is 0 Å². The smallest absolute Gasteiger partial charge is 0.130 e. The summed E-state index contributed by atoms with van der Waals surface area (Å²) in [6.45, 7) is 6.02. The fourth-order valence-electron chi connectivity index (χ4n) is 2.10. The molecular weight excluding hydrogens is 396 g/mol. The van der Waals surface area contributed by atoms with E-state index in [-0.39, 0.29) is 0 Å². The van der Waals surface area contributed by atoms with E-state index < -0.39 is 6.10 Å². The predicted octanol–water partition coefficient (Wildman–Crippen LogP) is 6.18. The molecule has 4 heteroatoms. The summed E-state index contributed by atoms with van der Waals surface area (Å²) in [5.74, 6) is 1.97. The fraction of sp³-hybridized carbons (Fsp3) is 0.294. The van der Waals surface area contributed by atoms with Gasteiger partial charge >= 0.3 is 0 Å². The first kappa shape index (κ1) is 16.5. The lowest BCUT2D eigenvalue weighted by Gasteiger charge is -2.15. The van der Waals surface area contributed by atoms with E-state index in [1.54, 1.807) is 6.92 Å². The lowest BCUT2D eigenvalue weighted by atomic mass is 10.0. The Kier molecular flexibility index (Phi) is 5.47. The normalized spacial score (nSPS) is 12.5. The van der Waals surface area contributed by atoms with Crippen LogP contribution in [-0.4, -0.2) is 5.11 Å². The molecule has 0 fully saturated rings. The van der Waals surface area contributed by atoms with Crippen LogP contribution in [0.25, 0.3) is 0 Å². The van der Waals surface area contributed by atoms with Gasteiger partial charge in [-0.25, -0.2) is 0 Å². The Hall–Kier alpha value is -0.840. The summed E-state index contributed by atoms with van der Waals surface area (Å²) in [5, 5.41) is 9.66. The van der Waals surface area contributed by atoms with E-state index in [4.69, 9.17) is 4.74 Å². The molecule has 1 unspecified atom stereocenters. The molecular formula is C17H18Br2O2. The van der Waals surface area contributed by atoms with E-state index in [0.717, 1.165) is 31.6 Å². The van der Waals surface area contributed by atoms with Crippen molar-refractivity contribution in [1.82, 2.24) is 0 Å². The van der Waals surface area contributed by atoms with Crippen LogP contribution >= 0.6 is 31.9 Å². The van der Waals surface area contributed by atoms with Gasteiger partial charge in [0.25, 0.3) is 0 Å². The second-order valence-corrected chi connectivity index (χ2v) is 7.07. The van der Waals surface area contributed by atoms with E-state index in [1.165, 1.54) is 0 Å². The van der Waals surface area contributed by atoms with Crippen LogP contribution in [0.15, 0.2) is 45.3 Å². The standard InChI is InChI=1S/C17H18Br2O2/c1-10(2)15-8-12(18)4-7-17(15)21-13-5-6-14(11(3)20)16(19)9-13/h4-11,20H,1-3H3. The maximum Gasteiger partial charge on any atom is 0.130 e. The lowest BCUT2D eigenvalue weighted by molar-refractivity contribution is 0.198. The third-order valence-electron chi connectivity index (χ3n) is 3.24. The van der Waals surface area contributed by atoms with Crippen LogP contribution in [0.5, 0.6) is 11.5 Å². The molecule has 0 amide bonds. The third kappa shape index (κ3) is 4.09. The Morgan fingerprint density at radius 2 is 1.67 bits per heavy atom. The molecule has 0 bridgehead atoms. The Morgan fingerprint density at radius 1 is 0.952 bits per heavy atom. The van der Waals surface area contributed by atoms with E-state index in [9.17, 15) is 5.11 Å². The minimum atomic E-state index is -0.507. The van der Waals surface area contributed by atoms with Crippen molar-refractivity contribution in [2.45, 2.75) is 32.8 Å². The van der Waals surface area contributed by atoms with Gasteiger partial charge in [-0.1, -0.05) is 51.8 Å². The molecule has 0 saturated heterocycles. The Bertz CT molecular complexity index is 637. The molecule has 0 spiro atoms. The average Bonchev–Trinajstić information content (AvgIpc) is 2.40. The molecule has 0 aromatic heterocycles. The number of hydrogen-bond donors (Lipinski definition) is 1. The molecule has 1 N–H and O–H groups in total. The molecule has 2 nitrogen and oxygen atoms in total. The van der Waals surface area contributed by atoms with Gasteiger partial charge in [0.1, 0.15) is 11.5 Å². The lowest BCUT2D eigenvalue weighted by Crippen LogP contribution is -1.96. The molecule has 21 heavy (non-hydrogen) atoms. The molecule has 0 saturated carbocycles. The number of benzene rings is 2. The summed E-state index contributed by atoms with van der Waals surface area (Å²) in [4.78, 5) is 0. The molecule has 2 aromatic rings. The number of halogens is 2. The first-order valence-electron chi connectivity index (χ1n) is 6.83. The zero-order valence-corrected chi connectivity index (χ0v) is 15.4. The van der Waals surface area contributed by atoms with Crippen LogP contribution in [0.2, 0.25) is 0 Å². The van der Waals surface area contributed by atoms with E-state index in [2.05, 4.69) is 51.8 Å². The average molecular weight is 414 g/mol. The largest absolute Gasteiger partial charge is 0.457 e. The zero-order chi connectivity index (χ0) is 15.6. The Balaban J connectivity index is 2.32. The van der Waals surface area contributed by atoms with Gasteiger partial charge in [-0.05, 0) is 54.3 Å². The fourth-order valence-corrected chi connectivity index (χ4v) is 3.17. The SMILES string of the molecule is CC(C)c1cc(Br)ccc1Oc1ccc(C(C)O)c(Br)c1. The first-order chi connectivity index (χ1) is 9.88. The van der Waals surface area contributed by atoms with Crippen molar-refractivity contribution in [3.05, 3.63) is 56.5 Å². The molecule has 0 radical (unpaired) electrons. The Morgan fingerprint density at radius 3 is 2.24 bits per heavy atom. The van der Waals surface area contributed by atoms with Crippen LogP contribution < -0.4 is 4.74 Å². The van der Waals surface area contributed by atoms with Gasteiger partial charge in [0.2, 0.25) is 0 Å². The van der Waals surface area contributed by atoms with Crippen LogP contribution in [0.3, 0.4) is 0 Å². The van der Waals surface area contributed by atoms with Crippen molar-refractivity contribution in [2.75, 3.05) is 0 Å². The molecule has 0 aliphatic heterocycles. The molecule has 0 aliphatic rings. The highest BCUT2D eigenvalue weighted by molar-refractivity contribution is 9.10. The van der Waals surface area contributed by atoms with Crippen LogP contribution in [0.4, 0.5) is 0 Å². The summed E-state index contributed by atoms with van der Waals surface area (Å²) >= 11 is 6.97. The molecule has 0 aliphatic carbocycles. The van der Waals surface area contributed by atoms with Crippen LogP contribution in [0.1, 0.15) is 43.9 Å². The van der Waals surface area contributed by atoms with E-state index in [1.807, 2.05) is 30.3 Å². The molecule has 0 heterocycles. The quantitative estimate of drug-likeness (QED) is 0.648. The molecule has 2 rings (SSSR count). The van der Waals surface area contributed by atoms with Crippen molar-refractivity contribution < 1.29 is 9.84 Å². The minimum absolute atomic E-state index is 0.373. The number of aliphatic hydroxyl groups is 1. The molecule has 2 aromatic carbocycles. The molecule has 112 valence electrons. The number of rotatable bonds is 4. The van der Waals surface area contributed by atoms with Crippen molar-refractivity contribution in [2.24, 2.45) is 0 Å². The zero-order valence-electron chi connectivity index (χ0n) is 12.2. The van der Waals surface area contributed by atoms with Gasteiger partial charge in [0, 0.05) is 8.95 Å². The summed E-state index contributed by atoms with van der Waals surface area (Å²) in [6.07, 6.45) is -0.507. The summed E-state index contributed by atoms with van der Waals surface area (Å²) in [5.41, 5.74) is 2.00. The van der Waals surface area contributed by atoms with Gasteiger partial charge < -0.3 is 9.84 Å². The van der Waals surface area contributed by atoms with Crippen molar-refractivity contribution in [1.29, 1.82) is 0 Å². The monoisotopic (exact) mass is 412 g/mol. The summed E-state index contributed by atoms with van der Waals surface area (Å²) < 4.78 is 7.90. The van der Waals surface area contributed by atoms with Crippen molar-refractivity contribution >= 4 is 31.9 Å². The summed E-state index contributed by atoms with van der Waals surface area (Å²) in [7, 11) is 0. The van der Waals surface area contributed by atoms with Gasteiger partial charge in [-0.15, -0.1) is 0 Å². The van der Waals surface area contributed by atoms with Crippen molar-refractivity contribution in [3.8, 4) is 11.5 Å². The predicted molar refractivity (Wildman–Crippen MR) is 93.1 cm³/mol. The Labute approximate surface area is 142 Å². The minimum Gasteiger partial charge on any atom is -0.457 e.